The average Bonchev–Trinajstić information content (AvgIpc) is 2.23. The third kappa shape index (κ3) is 3.20. The van der Waals surface area contributed by atoms with E-state index in [1.807, 2.05) is 0 Å². The normalized spacial score (nSPS) is 10.6. The van der Waals surface area contributed by atoms with Gasteiger partial charge in [-0.25, -0.2) is 8.42 Å². The van der Waals surface area contributed by atoms with E-state index in [4.69, 9.17) is 15.8 Å². The van der Waals surface area contributed by atoms with Gasteiger partial charge in [-0.05, 0) is 18.6 Å². The van der Waals surface area contributed by atoms with Crippen molar-refractivity contribution in [3.63, 3.8) is 0 Å². The van der Waals surface area contributed by atoms with E-state index in [0.29, 0.717) is 0 Å². The van der Waals surface area contributed by atoms with Crippen LogP contribution in [0.5, 0.6) is 0 Å². The second-order valence-corrected chi connectivity index (χ2v) is 5.82. The maximum atomic E-state index is 11.2. The van der Waals surface area contributed by atoms with Crippen molar-refractivity contribution in [2.45, 2.75) is 11.8 Å². The first-order valence-electron chi connectivity index (χ1n) is 4.60. The number of hydrogen-bond donors (Lipinski definition) is 1. The summed E-state index contributed by atoms with van der Waals surface area (Å²) in [5.74, 6) is 4.65. The van der Waals surface area contributed by atoms with Crippen LogP contribution in [-0.4, -0.2) is 25.1 Å². The van der Waals surface area contributed by atoms with Crippen LogP contribution < -0.4 is 0 Å². The third-order valence-corrected chi connectivity index (χ3v) is 3.52. The molecule has 0 spiro atoms. The van der Waals surface area contributed by atoms with Gasteiger partial charge in [0.25, 0.3) is 14.7 Å². The number of nitrogens with zero attached hydrogens (tertiary/aromatic N) is 1. The van der Waals surface area contributed by atoms with Crippen LogP contribution in [0, 0.1) is 28.9 Å². The van der Waals surface area contributed by atoms with Crippen molar-refractivity contribution in [1.29, 1.82) is 0 Å². The first-order valence-corrected chi connectivity index (χ1v) is 6.91. The van der Waals surface area contributed by atoms with Gasteiger partial charge in [0, 0.05) is 16.7 Å². The Morgan fingerprint density at radius 1 is 1.50 bits per heavy atom. The summed E-state index contributed by atoms with van der Waals surface area (Å²) in [5.41, 5.74) is -0.200. The van der Waals surface area contributed by atoms with E-state index in [9.17, 15) is 18.5 Å². The van der Waals surface area contributed by atoms with Crippen LogP contribution >= 0.6 is 10.7 Å². The quantitative estimate of drug-likeness (QED) is 0.381. The average molecular weight is 290 g/mol. The van der Waals surface area contributed by atoms with Crippen LogP contribution in [0.3, 0.4) is 0 Å². The van der Waals surface area contributed by atoms with Gasteiger partial charge < -0.3 is 5.11 Å². The van der Waals surface area contributed by atoms with Crippen molar-refractivity contribution in [1.82, 2.24) is 0 Å². The number of aliphatic hydroxyl groups is 1. The molecule has 0 aliphatic rings. The zero-order valence-electron chi connectivity index (χ0n) is 9.18. The van der Waals surface area contributed by atoms with E-state index in [-0.39, 0.29) is 16.0 Å². The van der Waals surface area contributed by atoms with Gasteiger partial charge in [0.1, 0.15) is 12.2 Å². The van der Waals surface area contributed by atoms with E-state index in [2.05, 4.69) is 11.8 Å². The molecule has 0 atom stereocenters. The summed E-state index contributed by atoms with van der Waals surface area (Å²) in [6.07, 6.45) is 0. The van der Waals surface area contributed by atoms with Crippen molar-refractivity contribution in [3.05, 3.63) is 33.4 Å². The number of nitro groups is 1. The Balaban J connectivity index is 3.59. The van der Waals surface area contributed by atoms with Gasteiger partial charge in [0.2, 0.25) is 0 Å². The molecule has 0 fully saturated rings. The molecule has 0 aliphatic carbocycles. The molecule has 1 aromatic carbocycles. The summed E-state index contributed by atoms with van der Waals surface area (Å²) in [7, 11) is 1.11. The smallest absolute Gasteiger partial charge is 0.286 e. The Morgan fingerprint density at radius 3 is 2.56 bits per heavy atom. The van der Waals surface area contributed by atoms with E-state index in [1.54, 1.807) is 0 Å². The molecule has 0 aromatic heterocycles. The zero-order chi connectivity index (χ0) is 13.9. The van der Waals surface area contributed by atoms with Crippen molar-refractivity contribution >= 4 is 25.4 Å². The lowest BCUT2D eigenvalue weighted by molar-refractivity contribution is -0.385. The first-order chi connectivity index (χ1) is 8.27. The van der Waals surface area contributed by atoms with Crippen LogP contribution in [0.1, 0.15) is 11.1 Å². The topological polar surface area (TPSA) is 97.5 Å². The first kappa shape index (κ1) is 14.4. The number of nitro benzene ring substituents is 1. The summed E-state index contributed by atoms with van der Waals surface area (Å²) < 4.78 is 22.4. The minimum absolute atomic E-state index is 0.0237. The van der Waals surface area contributed by atoms with Crippen molar-refractivity contribution in [2.75, 3.05) is 6.61 Å². The molecule has 0 unspecified atom stereocenters. The van der Waals surface area contributed by atoms with Gasteiger partial charge >= 0.3 is 0 Å². The summed E-state index contributed by atoms with van der Waals surface area (Å²) in [4.78, 5) is 9.73. The van der Waals surface area contributed by atoms with E-state index >= 15 is 0 Å². The molecule has 0 amide bonds. The number of aliphatic hydroxyl groups excluding tert-OH is 1. The zero-order valence-corrected chi connectivity index (χ0v) is 10.7. The highest BCUT2D eigenvalue weighted by Crippen LogP contribution is 2.28. The minimum Gasteiger partial charge on any atom is -0.384 e. The van der Waals surface area contributed by atoms with Gasteiger partial charge in [0.15, 0.2) is 0 Å². The van der Waals surface area contributed by atoms with Crippen molar-refractivity contribution < 1.29 is 18.4 Å². The Bertz CT molecular complexity index is 657. The SMILES string of the molecule is Cc1cc(C#CCO)c([N+](=O)[O-])cc1S(=O)(=O)Cl. The van der Waals surface area contributed by atoms with Gasteiger partial charge in [-0.1, -0.05) is 11.8 Å². The fourth-order valence-electron chi connectivity index (χ4n) is 1.33. The molecular weight excluding hydrogens is 282 g/mol. The Morgan fingerprint density at radius 2 is 2.11 bits per heavy atom. The predicted octanol–water partition coefficient (Wildman–Crippen LogP) is 1.17. The van der Waals surface area contributed by atoms with Crippen molar-refractivity contribution in [2.24, 2.45) is 0 Å². The lowest BCUT2D eigenvalue weighted by Gasteiger charge is -2.03. The van der Waals surface area contributed by atoms with Gasteiger partial charge in [-0.15, -0.1) is 0 Å². The molecule has 0 aliphatic heterocycles. The third-order valence-electron chi connectivity index (χ3n) is 2.05. The molecule has 0 heterocycles. The van der Waals surface area contributed by atoms with E-state index in [0.717, 1.165) is 6.07 Å². The maximum Gasteiger partial charge on any atom is 0.286 e. The Labute approximate surface area is 108 Å². The number of benzene rings is 1. The molecule has 1 N–H and O–H groups in total. The summed E-state index contributed by atoms with van der Waals surface area (Å²) >= 11 is 0. The summed E-state index contributed by atoms with van der Waals surface area (Å²) in [6, 6.07) is 2.11. The highest BCUT2D eigenvalue weighted by Gasteiger charge is 2.21. The molecule has 0 saturated heterocycles. The lowest BCUT2D eigenvalue weighted by atomic mass is 10.1. The van der Waals surface area contributed by atoms with E-state index in [1.165, 1.54) is 13.0 Å². The lowest BCUT2D eigenvalue weighted by Crippen LogP contribution is -2.00. The Hall–Kier alpha value is -1.62. The fourth-order valence-corrected chi connectivity index (χ4v) is 2.52. The van der Waals surface area contributed by atoms with Crippen LogP contribution in [-0.2, 0) is 9.05 Å². The van der Waals surface area contributed by atoms with Gasteiger partial charge in [-0.2, -0.15) is 0 Å². The number of rotatable bonds is 2. The molecule has 0 saturated carbocycles. The van der Waals surface area contributed by atoms with Crippen LogP contribution in [0.4, 0.5) is 5.69 Å². The number of halogens is 1. The van der Waals surface area contributed by atoms with Crippen LogP contribution in [0.15, 0.2) is 17.0 Å². The fraction of sp³-hybridized carbons (Fsp3) is 0.200. The second kappa shape index (κ2) is 5.35. The Kier molecular flexibility index (Phi) is 4.29. The molecule has 1 aromatic rings. The van der Waals surface area contributed by atoms with Crippen molar-refractivity contribution in [3.8, 4) is 11.8 Å². The molecule has 8 heteroatoms. The molecule has 0 radical (unpaired) electrons. The second-order valence-electron chi connectivity index (χ2n) is 3.29. The number of hydrogen-bond acceptors (Lipinski definition) is 5. The van der Waals surface area contributed by atoms with Crippen LogP contribution in [0.2, 0.25) is 0 Å². The summed E-state index contributed by atoms with van der Waals surface area (Å²) in [5, 5.41) is 19.4. The standard InChI is InChI=1S/C10H8ClNO5S/c1-7-5-8(3-2-4-13)9(12(14)15)6-10(7)18(11,16)17/h5-6,13H,4H2,1H3. The molecular formula is C10H8ClNO5S. The molecule has 0 bridgehead atoms. The minimum atomic E-state index is -4.06. The molecule has 1 rings (SSSR count). The largest absolute Gasteiger partial charge is 0.384 e. The monoisotopic (exact) mass is 289 g/mol. The highest BCUT2D eigenvalue weighted by molar-refractivity contribution is 8.13. The highest BCUT2D eigenvalue weighted by atomic mass is 35.7. The molecule has 18 heavy (non-hydrogen) atoms. The molecule has 6 nitrogen and oxygen atoms in total. The summed E-state index contributed by atoms with van der Waals surface area (Å²) in [6.45, 7) is 0.995. The van der Waals surface area contributed by atoms with Gasteiger partial charge in [0.05, 0.1) is 9.82 Å². The maximum absolute atomic E-state index is 11.2. The number of aryl methyl sites for hydroxylation is 1. The van der Waals surface area contributed by atoms with E-state index < -0.39 is 26.3 Å². The van der Waals surface area contributed by atoms with Crippen LogP contribution in [0.25, 0.3) is 0 Å². The predicted molar refractivity (Wildman–Crippen MR) is 64.8 cm³/mol. The van der Waals surface area contributed by atoms with Gasteiger partial charge in [-0.3, -0.25) is 10.1 Å². The molecule has 96 valence electrons.